The largest absolute Gasteiger partial charge is 0.415 e. The van der Waals surface area contributed by atoms with E-state index in [9.17, 15) is 13.6 Å². The normalized spacial score (nSPS) is 14.5. The number of anilines is 2. The van der Waals surface area contributed by atoms with Crippen molar-refractivity contribution in [1.29, 1.82) is 0 Å². The maximum Gasteiger partial charge on any atom is 0.314 e. The molecule has 0 radical (unpaired) electrons. The number of nitrogens with zero attached hydrogens (tertiary/aromatic N) is 6. The van der Waals surface area contributed by atoms with Crippen LogP contribution in [0.4, 0.5) is 24.5 Å². The van der Waals surface area contributed by atoms with Gasteiger partial charge in [-0.15, -0.1) is 10.2 Å². The molecule has 0 N–H and O–H groups in total. The summed E-state index contributed by atoms with van der Waals surface area (Å²) in [5, 5.41) is 11.0. The average molecular weight is 569 g/mol. The summed E-state index contributed by atoms with van der Waals surface area (Å²) < 4.78 is 51.3. The molecule has 0 aliphatic carbocycles. The molecule has 3 heterocycles. The van der Waals surface area contributed by atoms with Crippen LogP contribution in [0.25, 0.3) is 22.6 Å². The van der Waals surface area contributed by atoms with E-state index in [1.165, 1.54) is 6.07 Å². The molecule has 9 nitrogen and oxygen atoms in total. The predicted molar refractivity (Wildman–Crippen MR) is 147 cm³/mol. The summed E-state index contributed by atoms with van der Waals surface area (Å²) in [6.07, 6.45) is -0.373. The molecule has 1 saturated heterocycles. The second-order valence-electron chi connectivity index (χ2n) is 10.4. The van der Waals surface area contributed by atoms with Gasteiger partial charge >= 0.3 is 6.43 Å². The van der Waals surface area contributed by atoms with Crippen LogP contribution in [0.5, 0.6) is 0 Å². The van der Waals surface area contributed by atoms with Gasteiger partial charge in [0, 0.05) is 36.3 Å². The summed E-state index contributed by atoms with van der Waals surface area (Å²) in [7, 11) is 3.89. The maximum atomic E-state index is 15.3. The number of aryl methyl sites for hydroxylation is 2. The maximum absolute atomic E-state index is 15.3. The van der Waals surface area contributed by atoms with E-state index in [-0.39, 0.29) is 24.0 Å². The first-order chi connectivity index (χ1) is 19.7. The van der Waals surface area contributed by atoms with Crippen molar-refractivity contribution < 1.29 is 26.9 Å². The van der Waals surface area contributed by atoms with Crippen molar-refractivity contribution >= 4 is 17.8 Å². The highest BCUT2D eigenvalue weighted by atomic mass is 19.3. The molecule has 0 unspecified atom stereocenters. The van der Waals surface area contributed by atoms with Crippen molar-refractivity contribution in [2.75, 3.05) is 37.0 Å². The number of aromatic nitrogens is 3. The van der Waals surface area contributed by atoms with Crippen LogP contribution in [0.1, 0.15) is 42.2 Å². The zero-order valence-electron chi connectivity index (χ0n) is 23.3. The zero-order valence-corrected chi connectivity index (χ0v) is 23.3. The van der Waals surface area contributed by atoms with Crippen molar-refractivity contribution in [2.24, 2.45) is 0 Å². The molecule has 1 aliphatic heterocycles. The van der Waals surface area contributed by atoms with E-state index < -0.39 is 18.1 Å². The number of likely N-dealkylation sites (tertiary alicyclic amines) is 1. The topological polar surface area (TPSA) is 91.7 Å². The van der Waals surface area contributed by atoms with Crippen LogP contribution in [0.3, 0.4) is 0 Å². The Balaban J connectivity index is 1.49. The van der Waals surface area contributed by atoms with Gasteiger partial charge in [0.2, 0.25) is 12.3 Å². The van der Waals surface area contributed by atoms with Crippen LogP contribution in [-0.2, 0) is 11.3 Å². The average Bonchev–Trinajstić information content (AvgIpc) is 3.58. The SMILES string of the molecule is Cc1noc(C)c1-c1ccc(N(C=O)C2CCN(C)CC2)c(N(C)Cc2ccc(-c3nnc(C(F)F)o3)cc2F)c1. The fraction of sp³-hybridized carbons (Fsp3) is 0.379. The molecule has 1 fully saturated rings. The number of halogens is 3. The Morgan fingerprint density at radius 1 is 1.07 bits per heavy atom. The minimum absolute atomic E-state index is 0.0318. The first-order valence-electron chi connectivity index (χ1n) is 13.3. The van der Waals surface area contributed by atoms with Gasteiger partial charge in [0.25, 0.3) is 5.89 Å². The van der Waals surface area contributed by atoms with E-state index in [4.69, 9.17) is 8.94 Å². The molecule has 12 heteroatoms. The highest BCUT2D eigenvalue weighted by Gasteiger charge is 2.27. The summed E-state index contributed by atoms with van der Waals surface area (Å²) >= 11 is 0. The van der Waals surface area contributed by atoms with Crippen molar-refractivity contribution in [3.8, 4) is 22.6 Å². The highest BCUT2D eigenvalue weighted by molar-refractivity contribution is 5.88. The summed E-state index contributed by atoms with van der Waals surface area (Å²) in [5.41, 5.74) is 4.47. The van der Waals surface area contributed by atoms with E-state index in [1.807, 2.05) is 44.0 Å². The van der Waals surface area contributed by atoms with Crippen LogP contribution in [0, 0.1) is 19.7 Å². The lowest BCUT2D eigenvalue weighted by Crippen LogP contribution is -2.43. The molecule has 2 aromatic carbocycles. The molecule has 41 heavy (non-hydrogen) atoms. The first kappa shape index (κ1) is 28.3. The molecule has 0 atom stereocenters. The summed E-state index contributed by atoms with van der Waals surface area (Å²) in [6, 6.07) is 10.1. The number of alkyl halides is 2. The van der Waals surface area contributed by atoms with Crippen molar-refractivity contribution in [3.05, 3.63) is 65.1 Å². The van der Waals surface area contributed by atoms with Gasteiger partial charge in [-0.25, -0.2) is 4.39 Å². The number of benzene rings is 2. The standard InChI is InChI=1S/C29H31F3N6O3/c1-17-26(18(2)41-35-17)19-7-8-24(38(16-39)22-9-11-36(3)12-10-22)25(14-19)37(4)15-21-6-5-20(13-23(21)30)28-33-34-29(40-28)27(31)32/h5-8,13-14,16,22,27H,9-12,15H2,1-4H3. The monoisotopic (exact) mass is 568 g/mol. The third-order valence-corrected chi connectivity index (χ3v) is 7.52. The third kappa shape index (κ3) is 5.83. The van der Waals surface area contributed by atoms with Crippen LogP contribution in [0.15, 0.2) is 45.3 Å². The fourth-order valence-electron chi connectivity index (χ4n) is 5.30. The molecule has 2 aromatic heterocycles. The first-order valence-corrected chi connectivity index (χ1v) is 13.3. The smallest absolute Gasteiger partial charge is 0.314 e. The lowest BCUT2D eigenvalue weighted by molar-refractivity contribution is -0.108. The van der Waals surface area contributed by atoms with Gasteiger partial charge in [-0.2, -0.15) is 8.78 Å². The van der Waals surface area contributed by atoms with Crippen LogP contribution in [0.2, 0.25) is 0 Å². The molecule has 4 aromatic rings. The van der Waals surface area contributed by atoms with Crippen LogP contribution < -0.4 is 9.80 Å². The van der Waals surface area contributed by atoms with Gasteiger partial charge in [0.15, 0.2) is 0 Å². The highest BCUT2D eigenvalue weighted by Crippen LogP contribution is 2.38. The van der Waals surface area contributed by atoms with Crippen molar-refractivity contribution in [2.45, 2.75) is 45.7 Å². The summed E-state index contributed by atoms with van der Waals surface area (Å²) in [4.78, 5) is 18.3. The van der Waals surface area contributed by atoms with Gasteiger partial charge in [0.1, 0.15) is 11.6 Å². The Kier molecular flexibility index (Phi) is 8.11. The number of carbonyl (C=O) groups excluding carboxylic acids is 1. The molecule has 0 spiro atoms. The molecule has 5 rings (SSSR count). The van der Waals surface area contributed by atoms with Gasteiger partial charge < -0.3 is 23.6 Å². The van der Waals surface area contributed by atoms with Gasteiger partial charge in [-0.05, 0) is 76.7 Å². The van der Waals surface area contributed by atoms with Gasteiger partial charge in [-0.1, -0.05) is 17.3 Å². The number of carbonyl (C=O) groups is 1. The Hall–Kier alpha value is -4.19. The predicted octanol–water partition coefficient (Wildman–Crippen LogP) is 5.78. The lowest BCUT2D eigenvalue weighted by atomic mass is 9.99. The van der Waals surface area contributed by atoms with Crippen molar-refractivity contribution in [1.82, 2.24) is 20.3 Å². The summed E-state index contributed by atoms with van der Waals surface area (Å²) in [5.74, 6) is -0.895. The van der Waals surface area contributed by atoms with Gasteiger partial charge in [-0.3, -0.25) is 4.79 Å². The number of hydrogen-bond donors (Lipinski definition) is 0. The van der Waals surface area contributed by atoms with E-state index in [0.29, 0.717) is 11.3 Å². The third-order valence-electron chi connectivity index (χ3n) is 7.52. The van der Waals surface area contributed by atoms with Gasteiger partial charge in [0.05, 0.1) is 17.1 Å². The Morgan fingerprint density at radius 2 is 1.80 bits per heavy atom. The molecular weight excluding hydrogens is 537 g/mol. The summed E-state index contributed by atoms with van der Waals surface area (Å²) in [6.45, 7) is 5.63. The van der Waals surface area contributed by atoms with E-state index in [0.717, 1.165) is 60.5 Å². The Morgan fingerprint density at radius 3 is 2.41 bits per heavy atom. The second kappa shape index (κ2) is 11.7. The molecule has 216 valence electrons. The quantitative estimate of drug-likeness (QED) is 0.235. The Labute approximate surface area is 235 Å². The second-order valence-corrected chi connectivity index (χ2v) is 10.4. The molecule has 0 bridgehead atoms. The number of amides is 1. The molecule has 1 aliphatic rings. The fourth-order valence-corrected chi connectivity index (χ4v) is 5.30. The molecular formula is C29H31F3N6O3. The molecule has 0 saturated carbocycles. The number of hydrogen-bond acceptors (Lipinski definition) is 8. The van der Waals surface area contributed by atoms with E-state index >= 15 is 4.39 Å². The Bertz CT molecular complexity index is 1510. The molecule has 1 amide bonds. The van der Waals surface area contributed by atoms with Crippen molar-refractivity contribution in [3.63, 3.8) is 0 Å². The number of rotatable bonds is 9. The lowest BCUT2D eigenvalue weighted by Gasteiger charge is -2.37. The zero-order chi connectivity index (χ0) is 29.3. The van der Waals surface area contributed by atoms with Crippen LogP contribution in [-0.4, -0.2) is 59.9 Å². The van der Waals surface area contributed by atoms with E-state index in [1.54, 1.807) is 17.0 Å². The van der Waals surface area contributed by atoms with E-state index in [2.05, 4.69) is 27.3 Å². The van der Waals surface area contributed by atoms with Crippen LogP contribution >= 0.6 is 0 Å². The number of piperidine rings is 1. The minimum atomic E-state index is -2.91. The minimum Gasteiger partial charge on any atom is -0.415 e.